The number of carbonyl (C=O) groups excluding carboxylic acids is 1. The highest BCUT2D eigenvalue weighted by Crippen LogP contribution is 2.37. The van der Waals surface area contributed by atoms with Crippen molar-refractivity contribution in [1.29, 1.82) is 0 Å². The van der Waals surface area contributed by atoms with E-state index >= 15 is 0 Å². The minimum atomic E-state index is -0.278. The molecule has 0 saturated carbocycles. The third-order valence-corrected chi connectivity index (χ3v) is 4.44. The van der Waals surface area contributed by atoms with Crippen LogP contribution in [-0.4, -0.2) is 29.9 Å². The van der Waals surface area contributed by atoms with Gasteiger partial charge in [-0.2, -0.15) is 0 Å². The van der Waals surface area contributed by atoms with Gasteiger partial charge in [0.25, 0.3) is 0 Å². The first-order valence-corrected chi connectivity index (χ1v) is 7.13. The van der Waals surface area contributed by atoms with Gasteiger partial charge in [-0.1, -0.05) is 33.6 Å². The number of carbonyl (C=O) groups is 1. The van der Waals surface area contributed by atoms with Crippen LogP contribution in [0.15, 0.2) is 0 Å². The fraction of sp³-hybridized carbons (Fsp3) is 0.929. The van der Waals surface area contributed by atoms with Gasteiger partial charge >= 0.3 is 0 Å². The van der Waals surface area contributed by atoms with Crippen molar-refractivity contribution < 1.29 is 4.79 Å². The molecule has 0 aromatic carbocycles. The zero-order valence-electron chi connectivity index (χ0n) is 11.7. The molecule has 0 radical (unpaired) electrons. The molecular formula is C14H28N2O. The molecule has 1 saturated heterocycles. The van der Waals surface area contributed by atoms with E-state index < -0.39 is 0 Å². The Hall–Kier alpha value is -0.570. The van der Waals surface area contributed by atoms with Gasteiger partial charge in [0.05, 0.1) is 6.04 Å². The van der Waals surface area contributed by atoms with Crippen LogP contribution in [0.3, 0.4) is 0 Å². The summed E-state index contributed by atoms with van der Waals surface area (Å²) in [4.78, 5) is 14.2. The van der Waals surface area contributed by atoms with Gasteiger partial charge in [0.2, 0.25) is 5.91 Å². The summed E-state index contributed by atoms with van der Waals surface area (Å²) in [6, 6.07) is -0.278. The minimum absolute atomic E-state index is 0.169. The van der Waals surface area contributed by atoms with Crippen LogP contribution < -0.4 is 5.73 Å². The smallest absolute Gasteiger partial charge is 0.239 e. The Morgan fingerprint density at radius 3 is 2.47 bits per heavy atom. The predicted octanol–water partition coefficient (Wildman–Crippen LogP) is 2.54. The Balaban J connectivity index is 2.50. The van der Waals surface area contributed by atoms with Crippen molar-refractivity contribution in [3.8, 4) is 0 Å². The van der Waals surface area contributed by atoms with Crippen molar-refractivity contribution in [1.82, 2.24) is 4.90 Å². The van der Waals surface area contributed by atoms with Gasteiger partial charge < -0.3 is 10.6 Å². The molecule has 1 aliphatic heterocycles. The zero-order valence-corrected chi connectivity index (χ0v) is 11.7. The van der Waals surface area contributed by atoms with E-state index in [0.717, 1.165) is 51.6 Å². The van der Waals surface area contributed by atoms with Crippen LogP contribution in [0.5, 0.6) is 0 Å². The van der Waals surface area contributed by atoms with Crippen molar-refractivity contribution >= 4 is 5.91 Å². The van der Waals surface area contributed by atoms with Gasteiger partial charge in [0.1, 0.15) is 0 Å². The Bertz CT molecular complexity index is 249. The van der Waals surface area contributed by atoms with Crippen LogP contribution in [0.4, 0.5) is 0 Å². The largest absolute Gasteiger partial charge is 0.341 e. The normalized spacial score (nSPS) is 20.6. The maximum absolute atomic E-state index is 12.2. The van der Waals surface area contributed by atoms with Crippen LogP contribution in [0.25, 0.3) is 0 Å². The Morgan fingerprint density at radius 2 is 2.00 bits per heavy atom. The Morgan fingerprint density at radius 1 is 1.35 bits per heavy atom. The molecule has 0 bridgehead atoms. The number of hydrogen-bond donors (Lipinski definition) is 1. The number of amides is 1. The van der Waals surface area contributed by atoms with E-state index in [0.29, 0.717) is 5.41 Å². The van der Waals surface area contributed by atoms with E-state index in [9.17, 15) is 4.79 Å². The summed E-state index contributed by atoms with van der Waals surface area (Å²) in [6.07, 6.45) is 6.46. The molecule has 1 heterocycles. The zero-order chi connectivity index (χ0) is 12.9. The first kappa shape index (κ1) is 14.5. The molecule has 3 heteroatoms. The van der Waals surface area contributed by atoms with E-state index in [1.165, 1.54) is 0 Å². The fourth-order valence-corrected chi connectivity index (χ4v) is 2.73. The quantitative estimate of drug-likeness (QED) is 0.775. The number of nitrogens with zero attached hydrogens (tertiary/aromatic N) is 1. The summed E-state index contributed by atoms with van der Waals surface area (Å²) in [7, 11) is 0. The second-order valence-corrected chi connectivity index (χ2v) is 5.47. The monoisotopic (exact) mass is 240 g/mol. The molecule has 2 N–H and O–H groups in total. The van der Waals surface area contributed by atoms with Crippen molar-refractivity contribution in [2.75, 3.05) is 13.1 Å². The van der Waals surface area contributed by atoms with E-state index in [1.54, 1.807) is 0 Å². The highest BCUT2D eigenvalue weighted by atomic mass is 16.2. The van der Waals surface area contributed by atoms with Crippen LogP contribution >= 0.6 is 0 Å². The summed E-state index contributed by atoms with van der Waals surface area (Å²) in [6.45, 7) is 8.41. The molecule has 1 amide bonds. The van der Waals surface area contributed by atoms with E-state index in [-0.39, 0.29) is 11.9 Å². The maximum Gasteiger partial charge on any atom is 0.239 e. The van der Waals surface area contributed by atoms with Gasteiger partial charge in [-0.15, -0.1) is 0 Å². The molecule has 1 atom stereocenters. The summed E-state index contributed by atoms with van der Waals surface area (Å²) in [5, 5.41) is 0. The molecule has 1 unspecified atom stereocenters. The van der Waals surface area contributed by atoms with Gasteiger partial charge in [-0.3, -0.25) is 4.79 Å². The van der Waals surface area contributed by atoms with E-state index in [4.69, 9.17) is 5.73 Å². The Kier molecular flexibility index (Phi) is 5.44. The van der Waals surface area contributed by atoms with Gasteiger partial charge in [-0.25, -0.2) is 0 Å². The van der Waals surface area contributed by atoms with Crippen molar-refractivity contribution in [3.63, 3.8) is 0 Å². The molecule has 1 rings (SSSR count). The first-order chi connectivity index (χ1) is 8.08. The van der Waals surface area contributed by atoms with Crippen LogP contribution in [0.1, 0.15) is 59.3 Å². The van der Waals surface area contributed by atoms with E-state index in [1.807, 2.05) is 4.90 Å². The van der Waals surface area contributed by atoms with Gasteiger partial charge in [0, 0.05) is 13.1 Å². The summed E-state index contributed by atoms with van der Waals surface area (Å²) < 4.78 is 0. The second-order valence-electron chi connectivity index (χ2n) is 5.47. The van der Waals surface area contributed by atoms with Crippen molar-refractivity contribution in [2.24, 2.45) is 11.1 Å². The molecule has 1 fully saturated rings. The average Bonchev–Trinajstić information content (AvgIpc) is 2.80. The number of hydrogen-bond acceptors (Lipinski definition) is 2. The molecule has 100 valence electrons. The highest BCUT2D eigenvalue weighted by Gasteiger charge is 2.37. The molecule has 0 aromatic heterocycles. The standard InChI is InChI=1S/C14H28N2O/c1-4-7-8-12(15)13(17)16-10-9-14(5-2,6-3)11-16/h12H,4-11,15H2,1-3H3. The van der Waals surface area contributed by atoms with Crippen molar-refractivity contribution in [3.05, 3.63) is 0 Å². The topological polar surface area (TPSA) is 46.3 Å². The second kappa shape index (κ2) is 6.39. The number of likely N-dealkylation sites (tertiary alicyclic amines) is 1. The third kappa shape index (κ3) is 3.44. The first-order valence-electron chi connectivity index (χ1n) is 7.13. The van der Waals surface area contributed by atoms with Gasteiger partial charge in [0.15, 0.2) is 0 Å². The SMILES string of the molecule is CCCCC(N)C(=O)N1CCC(CC)(CC)C1. The summed E-state index contributed by atoms with van der Waals surface area (Å²) in [5.74, 6) is 0.169. The molecule has 0 aliphatic carbocycles. The third-order valence-electron chi connectivity index (χ3n) is 4.44. The number of rotatable bonds is 6. The molecule has 3 nitrogen and oxygen atoms in total. The lowest BCUT2D eigenvalue weighted by atomic mass is 9.82. The lowest BCUT2D eigenvalue weighted by molar-refractivity contribution is -0.132. The molecular weight excluding hydrogens is 212 g/mol. The fourth-order valence-electron chi connectivity index (χ4n) is 2.73. The number of unbranched alkanes of at least 4 members (excludes halogenated alkanes) is 1. The molecule has 0 spiro atoms. The number of nitrogens with two attached hydrogens (primary N) is 1. The molecule has 0 aromatic rings. The highest BCUT2D eigenvalue weighted by molar-refractivity contribution is 5.81. The lowest BCUT2D eigenvalue weighted by Gasteiger charge is -2.27. The van der Waals surface area contributed by atoms with Crippen LogP contribution in [0, 0.1) is 5.41 Å². The predicted molar refractivity (Wildman–Crippen MR) is 71.7 cm³/mol. The Labute approximate surface area is 106 Å². The molecule has 17 heavy (non-hydrogen) atoms. The average molecular weight is 240 g/mol. The lowest BCUT2D eigenvalue weighted by Crippen LogP contribution is -2.43. The van der Waals surface area contributed by atoms with Crippen LogP contribution in [-0.2, 0) is 4.79 Å². The maximum atomic E-state index is 12.2. The van der Waals surface area contributed by atoms with Crippen molar-refractivity contribution in [2.45, 2.75) is 65.3 Å². The summed E-state index contributed by atoms with van der Waals surface area (Å²) >= 11 is 0. The van der Waals surface area contributed by atoms with E-state index in [2.05, 4.69) is 20.8 Å². The van der Waals surface area contributed by atoms with Gasteiger partial charge in [-0.05, 0) is 31.1 Å². The summed E-state index contributed by atoms with van der Waals surface area (Å²) in [5.41, 5.74) is 6.32. The van der Waals surface area contributed by atoms with Crippen LogP contribution in [0.2, 0.25) is 0 Å². The minimum Gasteiger partial charge on any atom is -0.341 e. The molecule has 1 aliphatic rings.